The molecule has 0 aromatic heterocycles. The summed E-state index contributed by atoms with van der Waals surface area (Å²) in [6.07, 6.45) is 0. The average Bonchev–Trinajstić information content (AvgIpc) is 2.53. The summed E-state index contributed by atoms with van der Waals surface area (Å²) in [4.78, 5) is 11.7. The number of methoxy groups -OCH3 is 1. The van der Waals surface area contributed by atoms with Gasteiger partial charge in [-0.2, -0.15) is 0 Å². The molecule has 21 heavy (non-hydrogen) atoms. The van der Waals surface area contributed by atoms with E-state index >= 15 is 0 Å². The van der Waals surface area contributed by atoms with E-state index < -0.39 is 5.97 Å². The van der Waals surface area contributed by atoms with Gasteiger partial charge in [-0.25, -0.2) is 4.79 Å². The van der Waals surface area contributed by atoms with Crippen LogP contribution in [0.3, 0.4) is 0 Å². The molecular weight excluding hydrogens is 336 g/mol. The number of hydrogen-bond acceptors (Lipinski definition) is 4. The first-order valence-electron chi connectivity index (χ1n) is 6.35. The van der Waals surface area contributed by atoms with Gasteiger partial charge in [0.25, 0.3) is 0 Å². The molecule has 0 radical (unpaired) electrons. The molecule has 0 saturated heterocycles. The summed E-state index contributed by atoms with van der Waals surface area (Å²) in [5, 5.41) is 0. The highest BCUT2D eigenvalue weighted by Crippen LogP contribution is 2.29. The third kappa shape index (κ3) is 4.79. The minimum absolute atomic E-state index is 0.154. The van der Waals surface area contributed by atoms with Gasteiger partial charge in [-0.3, -0.25) is 0 Å². The maximum atomic E-state index is 11.7. The van der Waals surface area contributed by atoms with Gasteiger partial charge in [0.2, 0.25) is 0 Å². The van der Waals surface area contributed by atoms with Gasteiger partial charge in [0.1, 0.15) is 18.1 Å². The number of halogens is 1. The second-order valence-electron chi connectivity index (χ2n) is 4.23. The molecule has 0 heterocycles. The maximum absolute atomic E-state index is 11.7. The minimum atomic E-state index is -0.423. The third-order valence-electron chi connectivity index (χ3n) is 2.73. The largest absolute Gasteiger partial charge is 0.497 e. The van der Waals surface area contributed by atoms with Crippen LogP contribution in [0.25, 0.3) is 0 Å². The molecule has 0 saturated carbocycles. The zero-order valence-corrected chi connectivity index (χ0v) is 13.1. The molecule has 2 aromatic rings. The summed E-state index contributed by atoms with van der Waals surface area (Å²) in [6.45, 7) is 0.0842. The van der Waals surface area contributed by atoms with Crippen LogP contribution in [0.5, 0.6) is 11.5 Å². The maximum Gasteiger partial charge on any atom is 0.344 e. The van der Waals surface area contributed by atoms with Gasteiger partial charge in [0.15, 0.2) is 6.61 Å². The van der Waals surface area contributed by atoms with Crippen LogP contribution in [0.15, 0.2) is 53.0 Å². The van der Waals surface area contributed by atoms with E-state index in [1.165, 1.54) is 0 Å². The highest BCUT2D eigenvalue weighted by Gasteiger charge is 2.08. The van der Waals surface area contributed by atoms with Crippen LogP contribution in [0.1, 0.15) is 5.56 Å². The van der Waals surface area contributed by atoms with Gasteiger partial charge in [-0.15, -0.1) is 0 Å². The van der Waals surface area contributed by atoms with E-state index in [1.54, 1.807) is 25.3 Å². The molecule has 5 heteroatoms. The monoisotopic (exact) mass is 350 g/mol. The zero-order valence-electron chi connectivity index (χ0n) is 11.5. The molecule has 4 nitrogen and oxygen atoms in total. The molecule has 2 aromatic carbocycles. The van der Waals surface area contributed by atoms with Crippen LogP contribution in [0.2, 0.25) is 0 Å². The Hall–Kier alpha value is -2.01. The van der Waals surface area contributed by atoms with Gasteiger partial charge in [0.05, 0.1) is 11.6 Å². The molecule has 0 bridgehead atoms. The highest BCUT2D eigenvalue weighted by molar-refractivity contribution is 9.10. The van der Waals surface area contributed by atoms with Crippen molar-refractivity contribution in [3.63, 3.8) is 0 Å². The Morgan fingerprint density at radius 1 is 1.14 bits per heavy atom. The second kappa shape index (κ2) is 7.69. The number of rotatable bonds is 6. The molecule has 0 amide bonds. The molecule has 0 aliphatic carbocycles. The first-order valence-corrected chi connectivity index (χ1v) is 7.14. The van der Waals surface area contributed by atoms with Crippen molar-refractivity contribution in [3.05, 3.63) is 58.6 Å². The predicted molar refractivity (Wildman–Crippen MR) is 82.4 cm³/mol. The van der Waals surface area contributed by atoms with Crippen LogP contribution < -0.4 is 9.47 Å². The number of carbonyl (C=O) groups excluding carboxylic acids is 1. The van der Waals surface area contributed by atoms with E-state index in [4.69, 9.17) is 14.2 Å². The summed E-state index contributed by atoms with van der Waals surface area (Å²) >= 11 is 3.35. The first kappa shape index (κ1) is 15.4. The fourth-order valence-electron chi connectivity index (χ4n) is 1.64. The normalized spacial score (nSPS) is 10.0. The van der Waals surface area contributed by atoms with Crippen molar-refractivity contribution in [2.24, 2.45) is 0 Å². The lowest BCUT2D eigenvalue weighted by Crippen LogP contribution is -2.15. The van der Waals surface area contributed by atoms with Gasteiger partial charge in [0, 0.05) is 6.07 Å². The lowest BCUT2D eigenvalue weighted by molar-refractivity contribution is -0.147. The Kier molecular flexibility index (Phi) is 5.63. The summed E-state index contributed by atoms with van der Waals surface area (Å²) < 4.78 is 16.4. The standard InChI is InChI=1S/C16H15BrO4/c1-19-13-7-8-14(17)15(9-13)20-11-16(18)21-10-12-5-3-2-4-6-12/h2-9H,10-11H2,1H3. The Bertz CT molecular complexity index is 598. The lowest BCUT2D eigenvalue weighted by Gasteiger charge is -2.10. The van der Waals surface area contributed by atoms with E-state index in [0.717, 1.165) is 10.0 Å². The predicted octanol–water partition coefficient (Wildman–Crippen LogP) is 3.58. The summed E-state index contributed by atoms with van der Waals surface area (Å²) in [7, 11) is 1.57. The quantitative estimate of drug-likeness (QED) is 0.747. The van der Waals surface area contributed by atoms with E-state index in [-0.39, 0.29) is 13.2 Å². The van der Waals surface area contributed by atoms with Crippen LogP contribution in [-0.4, -0.2) is 19.7 Å². The third-order valence-corrected chi connectivity index (χ3v) is 3.38. The van der Waals surface area contributed by atoms with Gasteiger partial charge < -0.3 is 14.2 Å². The minimum Gasteiger partial charge on any atom is -0.497 e. The number of ether oxygens (including phenoxy) is 3. The average molecular weight is 351 g/mol. The van der Waals surface area contributed by atoms with Gasteiger partial charge in [-0.1, -0.05) is 30.3 Å². The van der Waals surface area contributed by atoms with Crippen molar-refractivity contribution < 1.29 is 19.0 Å². The Labute approximate surface area is 131 Å². The summed E-state index contributed by atoms with van der Waals surface area (Å²) in [5.41, 5.74) is 0.938. The summed E-state index contributed by atoms with van der Waals surface area (Å²) in [5.74, 6) is 0.769. The van der Waals surface area contributed by atoms with Crippen molar-refractivity contribution in [3.8, 4) is 11.5 Å². The van der Waals surface area contributed by atoms with Crippen LogP contribution in [0, 0.1) is 0 Å². The van der Waals surface area contributed by atoms with Crippen LogP contribution in [-0.2, 0) is 16.1 Å². The second-order valence-corrected chi connectivity index (χ2v) is 5.09. The van der Waals surface area contributed by atoms with Crippen molar-refractivity contribution in [1.29, 1.82) is 0 Å². The summed E-state index contributed by atoms with van der Waals surface area (Å²) in [6, 6.07) is 14.8. The van der Waals surface area contributed by atoms with Crippen LogP contribution >= 0.6 is 15.9 Å². The fourth-order valence-corrected chi connectivity index (χ4v) is 2.00. The molecule has 0 aliphatic rings. The van der Waals surface area contributed by atoms with E-state index in [1.807, 2.05) is 30.3 Å². The van der Waals surface area contributed by atoms with E-state index in [9.17, 15) is 4.79 Å². The van der Waals surface area contributed by atoms with E-state index in [0.29, 0.717) is 11.5 Å². The molecule has 110 valence electrons. The number of hydrogen-bond donors (Lipinski definition) is 0. The zero-order chi connectivity index (χ0) is 15.1. The molecule has 0 atom stereocenters. The van der Waals surface area contributed by atoms with Crippen molar-refractivity contribution in [2.45, 2.75) is 6.61 Å². The van der Waals surface area contributed by atoms with Gasteiger partial charge in [-0.05, 0) is 33.6 Å². The smallest absolute Gasteiger partial charge is 0.344 e. The SMILES string of the molecule is COc1ccc(Br)c(OCC(=O)OCc2ccccc2)c1. The molecule has 2 rings (SSSR count). The fraction of sp³-hybridized carbons (Fsp3) is 0.188. The first-order chi connectivity index (χ1) is 10.2. The highest BCUT2D eigenvalue weighted by atomic mass is 79.9. The van der Waals surface area contributed by atoms with E-state index in [2.05, 4.69) is 15.9 Å². The number of carbonyl (C=O) groups is 1. The lowest BCUT2D eigenvalue weighted by atomic mass is 10.2. The Morgan fingerprint density at radius 3 is 2.62 bits per heavy atom. The Balaban J connectivity index is 1.84. The topological polar surface area (TPSA) is 44.8 Å². The number of esters is 1. The Morgan fingerprint density at radius 2 is 1.90 bits per heavy atom. The molecule has 0 fully saturated rings. The molecule has 0 unspecified atom stereocenters. The van der Waals surface area contributed by atoms with Crippen molar-refractivity contribution in [2.75, 3.05) is 13.7 Å². The van der Waals surface area contributed by atoms with Crippen molar-refractivity contribution >= 4 is 21.9 Å². The molecule has 0 N–H and O–H groups in total. The number of benzene rings is 2. The van der Waals surface area contributed by atoms with Gasteiger partial charge >= 0.3 is 5.97 Å². The molecular formula is C16H15BrO4. The molecule has 0 spiro atoms. The molecule has 0 aliphatic heterocycles. The van der Waals surface area contributed by atoms with Crippen LogP contribution in [0.4, 0.5) is 0 Å². The van der Waals surface area contributed by atoms with Crippen molar-refractivity contribution in [1.82, 2.24) is 0 Å².